The zero-order chi connectivity index (χ0) is 10.2. The molecule has 6 nitrogen and oxygen atoms in total. The molecule has 1 aliphatic heterocycles. The van der Waals surface area contributed by atoms with Crippen molar-refractivity contribution in [2.24, 2.45) is 0 Å². The summed E-state index contributed by atoms with van der Waals surface area (Å²) >= 11 is 0. The second-order valence-electron chi connectivity index (χ2n) is 3.09. The zero-order valence-corrected chi connectivity index (χ0v) is 7.53. The van der Waals surface area contributed by atoms with Gasteiger partial charge in [-0.15, -0.1) is 0 Å². The van der Waals surface area contributed by atoms with Crippen LogP contribution < -0.4 is 5.32 Å². The van der Waals surface area contributed by atoms with Gasteiger partial charge in [0, 0.05) is 18.7 Å². The highest BCUT2D eigenvalue weighted by atomic mass is 16.6. The Hall–Kier alpha value is -1.85. The highest BCUT2D eigenvalue weighted by Crippen LogP contribution is 2.30. The summed E-state index contributed by atoms with van der Waals surface area (Å²) in [6.07, 6.45) is 3.02. The molecule has 1 atom stereocenters. The number of rotatable bonds is 2. The zero-order valence-electron chi connectivity index (χ0n) is 7.53. The van der Waals surface area contributed by atoms with Gasteiger partial charge in [-0.3, -0.25) is 14.7 Å². The summed E-state index contributed by atoms with van der Waals surface area (Å²) in [5, 5.41) is 8.83. The lowest BCUT2D eigenvalue weighted by Gasteiger charge is -2.38. The number of ether oxygens (including phenoxy) is 1. The van der Waals surface area contributed by atoms with Crippen LogP contribution in [-0.2, 0) is 19.9 Å². The maximum Gasteiger partial charge on any atom is 0.304 e. The van der Waals surface area contributed by atoms with Crippen molar-refractivity contribution in [3.05, 3.63) is 18.0 Å². The number of aromatic nitrogens is 2. The molecule has 0 aromatic carbocycles. The fraction of sp³-hybridized carbons (Fsp3) is 0.375. The molecule has 0 spiro atoms. The summed E-state index contributed by atoms with van der Waals surface area (Å²) in [4.78, 5) is 22.2. The van der Waals surface area contributed by atoms with E-state index in [1.165, 1.54) is 13.1 Å². The molecular weight excluding hydrogens is 186 g/mol. The number of H-pyrrole nitrogens is 1. The van der Waals surface area contributed by atoms with E-state index in [-0.39, 0.29) is 5.91 Å². The van der Waals surface area contributed by atoms with Gasteiger partial charge in [-0.05, 0) is 0 Å². The van der Waals surface area contributed by atoms with Crippen molar-refractivity contribution in [1.82, 2.24) is 15.5 Å². The Morgan fingerprint density at radius 1 is 1.71 bits per heavy atom. The van der Waals surface area contributed by atoms with Crippen molar-refractivity contribution < 1.29 is 14.3 Å². The first kappa shape index (κ1) is 8.74. The SMILES string of the molecule is CC(=O)OC1(c2cn[nH]c2)CNC1=O. The van der Waals surface area contributed by atoms with Gasteiger partial charge in [0.15, 0.2) is 0 Å². The van der Waals surface area contributed by atoms with Crippen molar-refractivity contribution in [3.63, 3.8) is 0 Å². The standard InChI is InChI=1S/C8H9N3O3/c1-5(12)14-8(4-9-7(8)13)6-2-10-11-3-6/h2-3H,4H2,1H3,(H,9,13)(H,10,11). The van der Waals surface area contributed by atoms with Gasteiger partial charge in [-0.25, -0.2) is 0 Å². The summed E-state index contributed by atoms with van der Waals surface area (Å²) < 4.78 is 5.02. The monoisotopic (exact) mass is 195 g/mol. The van der Waals surface area contributed by atoms with Crippen LogP contribution in [0.1, 0.15) is 12.5 Å². The lowest BCUT2D eigenvalue weighted by Crippen LogP contribution is -2.64. The van der Waals surface area contributed by atoms with E-state index < -0.39 is 11.6 Å². The van der Waals surface area contributed by atoms with Gasteiger partial charge in [-0.1, -0.05) is 0 Å². The smallest absolute Gasteiger partial charge is 0.304 e. The van der Waals surface area contributed by atoms with E-state index in [1.54, 1.807) is 6.20 Å². The molecule has 2 heterocycles. The van der Waals surface area contributed by atoms with E-state index in [2.05, 4.69) is 15.5 Å². The van der Waals surface area contributed by atoms with Gasteiger partial charge in [0.05, 0.1) is 12.7 Å². The molecule has 1 saturated heterocycles. The predicted octanol–water partition coefficient (Wildman–Crippen LogP) is -0.702. The topological polar surface area (TPSA) is 84.1 Å². The minimum absolute atomic E-state index is 0.297. The number of carbonyl (C=O) groups is 2. The summed E-state index contributed by atoms with van der Waals surface area (Å²) in [5.74, 6) is -0.796. The van der Waals surface area contributed by atoms with Crippen molar-refractivity contribution >= 4 is 11.9 Å². The van der Waals surface area contributed by atoms with Gasteiger partial charge in [0.25, 0.3) is 5.91 Å². The van der Waals surface area contributed by atoms with E-state index in [4.69, 9.17) is 4.74 Å². The number of nitrogens with one attached hydrogen (secondary N) is 2. The first-order valence-electron chi connectivity index (χ1n) is 4.12. The first-order chi connectivity index (χ1) is 6.65. The summed E-state index contributed by atoms with van der Waals surface area (Å²) in [5.41, 5.74) is -0.602. The van der Waals surface area contributed by atoms with Gasteiger partial charge in [-0.2, -0.15) is 5.10 Å². The average Bonchev–Trinajstić information content (AvgIpc) is 2.64. The number of hydrogen-bond acceptors (Lipinski definition) is 4. The van der Waals surface area contributed by atoms with E-state index in [0.717, 1.165) is 0 Å². The molecule has 1 amide bonds. The predicted molar refractivity (Wildman–Crippen MR) is 45.0 cm³/mol. The molecule has 14 heavy (non-hydrogen) atoms. The van der Waals surface area contributed by atoms with Gasteiger partial charge in [0.2, 0.25) is 5.60 Å². The van der Waals surface area contributed by atoms with Crippen LogP contribution >= 0.6 is 0 Å². The number of esters is 1. The van der Waals surface area contributed by atoms with E-state index >= 15 is 0 Å². The molecule has 1 aliphatic rings. The third kappa shape index (κ3) is 1.07. The minimum atomic E-state index is -1.17. The van der Waals surface area contributed by atoms with Gasteiger partial charge in [0.1, 0.15) is 0 Å². The van der Waals surface area contributed by atoms with Crippen LogP contribution in [0.3, 0.4) is 0 Å². The van der Waals surface area contributed by atoms with Crippen LogP contribution in [0, 0.1) is 0 Å². The van der Waals surface area contributed by atoms with Crippen LogP contribution in [0.5, 0.6) is 0 Å². The molecule has 74 valence electrons. The van der Waals surface area contributed by atoms with E-state index in [9.17, 15) is 9.59 Å². The maximum absolute atomic E-state index is 11.4. The molecule has 1 fully saturated rings. The highest BCUT2D eigenvalue weighted by Gasteiger charge is 2.52. The number of β-lactam (4-membered cyclic amide) rings is 1. The van der Waals surface area contributed by atoms with Crippen LogP contribution in [-0.4, -0.2) is 28.6 Å². The molecule has 1 aromatic heterocycles. The van der Waals surface area contributed by atoms with Crippen molar-refractivity contribution in [2.75, 3.05) is 6.54 Å². The van der Waals surface area contributed by atoms with Crippen LogP contribution in [0.4, 0.5) is 0 Å². The second kappa shape index (κ2) is 2.83. The van der Waals surface area contributed by atoms with E-state index in [1.807, 2.05) is 0 Å². The first-order valence-corrected chi connectivity index (χ1v) is 4.12. The Labute approximate surface area is 79.6 Å². The van der Waals surface area contributed by atoms with Crippen LogP contribution in [0.25, 0.3) is 0 Å². The molecule has 1 unspecified atom stereocenters. The van der Waals surface area contributed by atoms with Gasteiger partial charge < -0.3 is 10.1 Å². The molecule has 0 radical (unpaired) electrons. The quantitative estimate of drug-likeness (QED) is 0.482. The summed E-state index contributed by atoms with van der Waals surface area (Å²) in [6.45, 7) is 1.57. The van der Waals surface area contributed by atoms with Crippen molar-refractivity contribution in [3.8, 4) is 0 Å². The minimum Gasteiger partial charge on any atom is -0.442 e. The largest absolute Gasteiger partial charge is 0.442 e. The normalized spacial score (nSPS) is 25.1. The third-order valence-electron chi connectivity index (χ3n) is 2.15. The number of amides is 1. The highest BCUT2D eigenvalue weighted by molar-refractivity contribution is 5.94. The number of nitrogens with zero attached hydrogens (tertiary/aromatic N) is 1. The molecule has 2 N–H and O–H groups in total. The summed E-state index contributed by atoms with van der Waals surface area (Å²) in [6, 6.07) is 0. The maximum atomic E-state index is 11.4. The van der Waals surface area contributed by atoms with Gasteiger partial charge >= 0.3 is 5.97 Å². The Bertz CT molecular complexity index is 373. The Morgan fingerprint density at radius 2 is 2.50 bits per heavy atom. The number of aromatic amines is 1. The van der Waals surface area contributed by atoms with Crippen molar-refractivity contribution in [1.29, 1.82) is 0 Å². The molecule has 0 aliphatic carbocycles. The molecule has 6 heteroatoms. The summed E-state index contributed by atoms with van der Waals surface area (Å²) in [7, 11) is 0. The number of hydrogen-bond donors (Lipinski definition) is 2. The van der Waals surface area contributed by atoms with Crippen LogP contribution in [0.2, 0.25) is 0 Å². The fourth-order valence-electron chi connectivity index (χ4n) is 1.41. The molecule has 2 rings (SSSR count). The lowest BCUT2D eigenvalue weighted by atomic mass is 9.89. The Balaban J connectivity index is 2.32. The van der Waals surface area contributed by atoms with Crippen LogP contribution in [0.15, 0.2) is 12.4 Å². The molecule has 0 saturated carbocycles. The Kier molecular flexibility index (Phi) is 1.77. The second-order valence-corrected chi connectivity index (χ2v) is 3.09. The third-order valence-corrected chi connectivity index (χ3v) is 2.15. The average molecular weight is 195 g/mol. The van der Waals surface area contributed by atoms with E-state index in [0.29, 0.717) is 12.1 Å². The number of carbonyl (C=O) groups excluding carboxylic acids is 2. The Morgan fingerprint density at radius 3 is 2.86 bits per heavy atom. The molecule has 1 aromatic rings. The lowest BCUT2D eigenvalue weighted by molar-refractivity contribution is -0.177. The fourth-order valence-corrected chi connectivity index (χ4v) is 1.41. The van der Waals surface area contributed by atoms with Crippen molar-refractivity contribution in [2.45, 2.75) is 12.5 Å². The molecule has 0 bridgehead atoms. The molecular formula is C8H9N3O3.